The van der Waals surface area contributed by atoms with Gasteiger partial charge in [-0.05, 0) is 50.9 Å². The van der Waals surface area contributed by atoms with Crippen LogP contribution in [-0.2, 0) is 0 Å². The molecule has 2 nitrogen and oxygen atoms in total. The highest BCUT2D eigenvalue weighted by Gasteiger charge is 2.25. The summed E-state index contributed by atoms with van der Waals surface area (Å²) in [6.45, 7) is 2.35. The van der Waals surface area contributed by atoms with Crippen molar-refractivity contribution in [1.29, 1.82) is 0 Å². The minimum Gasteiger partial charge on any atom is -0.393 e. The third-order valence-corrected chi connectivity index (χ3v) is 3.86. The smallest absolute Gasteiger partial charge is 0.0541 e. The summed E-state index contributed by atoms with van der Waals surface area (Å²) in [5, 5.41) is 13.2. The maximum atomic E-state index is 9.40. The molecule has 0 spiro atoms. The fraction of sp³-hybridized carbons (Fsp3) is 1.00. The Morgan fingerprint density at radius 1 is 0.929 bits per heavy atom. The van der Waals surface area contributed by atoms with Crippen LogP contribution in [0.1, 0.15) is 51.9 Å². The molecule has 2 fully saturated rings. The van der Waals surface area contributed by atoms with Crippen LogP contribution in [0.3, 0.4) is 0 Å². The van der Waals surface area contributed by atoms with Crippen LogP contribution in [0, 0.1) is 5.92 Å². The SMILES string of the molecule is C[C@H]1CC[C@H](NC2CCC(O)CC2)C1. The highest BCUT2D eigenvalue weighted by atomic mass is 16.3. The van der Waals surface area contributed by atoms with Crippen LogP contribution >= 0.6 is 0 Å². The van der Waals surface area contributed by atoms with Gasteiger partial charge in [-0.25, -0.2) is 0 Å². The molecule has 0 saturated heterocycles. The van der Waals surface area contributed by atoms with Crippen molar-refractivity contribution in [1.82, 2.24) is 5.32 Å². The van der Waals surface area contributed by atoms with Crippen molar-refractivity contribution < 1.29 is 5.11 Å². The first kappa shape index (κ1) is 10.4. The van der Waals surface area contributed by atoms with Gasteiger partial charge in [-0.3, -0.25) is 0 Å². The van der Waals surface area contributed by atoms with Crippen molar-refractivity contribution in [3.8, 4) is 0 Å². The quantitative estimate of drug-likeness (QED) is 0.710. The summed E-state index contributed by atoms with van der Waals surface area (Å²) in [5.41, 5.74) is 0. The molecule has 2 saturated carbocycles. The van der Waals surface area contributed by atoms with E-state index in [0.717, 1.165) is 24.8 Å². The minimum absolute atomic E-state index is 0.0180. The zero-order valence-electron chi connectivity index (χ0n) is 9.21. The summed E-state index contributed by atoms with van der Waals surface area (Å²) in [5.74, 6) is 0.918. The third kappa shape index (κ3) is 2.71. The van der Waals surface area contributed by atoms with Gasteiger partial charge in [0.2, 0.25) is 0 Å². The van der Waals surface area contributed by atoms with Crippen molar-refractivity contribution in [3.63, 3.8) is 0 Å². The average molecular weight is 197 g/mol. The molecule has 0 bridgehead atoms. The second-order valence-electron chi connectivity index (χ2n) is 5.29. The Labute approximate surface area is 87.1 Å². The molecule has 0 aromatic carbocycles. The molecule has 2 heteroatoms. The van der Waals surface area contributed by atoms with Crippen molar-refractivity contribution in [3.05, 3.63) is 0 Å². The Morgan fingerprint density at radius 2 is 1.57 bits per heavy atom. The molecule has 0 aromatic rings. The van der Waals surface area contributed by atoms with E-state index >= 15 is 0 Å². The topological polar surface area (TPSA) is 32.3 Å². The molecule has 2 aliphatic rings. The molecule has 0 heterocycles. The maximum Gasteiger partial charge on any atom is 0.0541 e. The average Bonchev–Trinajstić information content (AvgIpc) is 2.56. The van der Waals surface area contributed by atoms with E-state index in [1.807, 2.05) is 0 Å². The molecule has 2 N–H and O–H groups in total. The molecular formula is C12H23NO. The highest BCUT2D eigenvalue weighted by Crippen LogP contribution is 2.27. The van der Waals surface area contributed by atoms with E-state index in [4.69, 9.17) is 0 Å². The van der Waals surface area contributed by atoms with Crippen molar-refractivity contribution in [2.45, 2.75) is 70.1 Å². The predicted octanol–water partition coefficient (Wildman–Crippen LogP) is 2.07. The standard InChI is InChI=1S/C12H23NO/c1-9-2-3-11(8-9)13-10-4-6-12(14)7-5-10/h9-14H,2-8H2,1H3/t9-,10?,11-,12?/m0/s1. The van der Waals surface area contributed by atoms with Gasteiger partial charge in [-0.2, -0.15) is 0 Å². The van der Waals surface area contributed by atoms with Gasteiger partial charge < -0.3 is 10.4 Å². The number of nitrogens with one attached hydrogen (secondary N) is 1. The van der Waals surface area contributed by atoms with E-state index in [1.54, 1.807) is 0 Å². The first-order valence-electron chi connectivity index (χ1n) is 6.18. The number of aliphatic hydroxyl groups is 1. The first-order chi connectivity index (χ1) is 6.74. The normalized spacial score (nSPS) is 44.1. The summed E-state index contributed by atoms with van der Waals surface area (Å²) in [6, 6.07) is 1.46. The van der Waals surface area contributed by atoms with Crippen LogP contribution in [-0.4, -0.2) is 23.3 Å². The molecular weight excluding hydrogens is 174 g/mol. The van der Waals surface area contributed by atoms with Gasteiger partial charge in [0, 0.05) is 12.1 Å². The van der Waals surface area contributed by atoms with E-state index < -0.39 is 0 Å². The molecule has 2 aliphatic carbocycles. The lowest BCUT2D eigenvalue weighted by atomic mass is 9.92. The Bertz CT molecular complexity index is 175. The van der Waals surface area contributed by atoms with Crippen molar-refractivity contribution in [2.75, 3.05) is 0 Å². The first-order valence-corrected chi connectivity index (χ1v) is 6.18. The summed E-state index contributed by atoms with van der Waals surface area (Å²) in [4.78, 5) is 0. The monoisotopic (exact) mass is 197 g/mol. The lowest BCUT2D eigenvalue weighted by Gasteiger charge is -2.29. The van der Waals surface area contributed by atoms with Gasteiger partial charge in [0.1, 0.15) is 0 Å². The van der Waals surface area contributed by atoms with E-state index in [-0.39, 0.29) is 6.10 Å². The van der Waals surface area contributed by atoms with E-state index in [0.29, 0.717) is 6.04 Å². The van der Waals surface area contributed by atoms with Crippen molar-refractivity contribution >= 4 is 0 Å². The molecule has 82 valence electrons. The number of hydrogen-bond acceptors (Lipinski definition) is 2. The van der Waals surface area contributed by atoms with Crippen LogP contribution in [0.15, 0.2) is 0 Å². The van der Waals surface area contributed by atoms with Gasteiger partial charge in [-0.1, -0.05) is 6.92 Å². The third-order valence-electron chi connectivity index (χ3n) is 3.86. The van der Waals surface area contributed by atoms with Crippen LogP contribution in [0.2, 0.25) is 0 Å². The van der Waals surface area contributed by atoms with E-state index in [2.05, 4.69) is 12.2 Å². The number of aliphatic hydroxyl groups excluding tert-OH is 1. The Hall–Kier alpha value is -0.0800. The number of rotatable bonds is 2. The molecule has 0 aromatic heterocycles. The molecule has 0 amide bonds. The summed E-state index contributed by atoms with van der Waals surface area (Å²) in [7, 11) is 0. The number of hydrogen-bond donors (Lipinski definition) is 2. The summed E-state index contributed by atoms with van der Waals surface area (Å²) < 4.78 is 0. The molecule has 2 rings (SSSR count). The van der Waals surface area contributed by atoms with Crippen LogP contribution < -0.4 is 5.32 Å². The van der Waals surface area contributed by atoms with Crippen LogP contribution in [0.4, 0.5) is 0 Å². The van der Waals surface area contributed by atoms with Gasteiger partial charge >= 0.3 is 0 Å². The van der Waals surface area contributed by atoms with Crippen molar-refractivity contribution in [2.24, 2.45) is 5.92 Å². The van der Waals surface area contributed by atoms with Gasteiger partial charge in [0.05, 0.1) is 6.10 Å². The Kier molecular flexibility index (Phi) is 3.45. The molecule has 0 aliphatic heterocycles. The van der Waals surface area contributed by atoms with Gasteiger partial charge in [-0.15, -0.1) is 0 Å². The molecule has 14 heavy (non-hydrogen) atoms. The molecule has 2 atom stereocenters. The Morgan fingerprint density at radius 3 is 2.14 bits per heavy atom. The highest BCUT2D eigenvalue weighted by molar-refractivity contribution is 4.84. The van der Waals surface area contributed by atoms with Gasteiger partial charge in [0.25, 0.3) is 0 Å². The van der Waals surface area contributed by atoms with Gasteiger partial charge in [0.15, 0.2) is 0 Å². The largest absolute Gasteiger partial charge is 0.393 e. The summed E-state index contributed by atoms with van der Waals surface area (Å²) in [6.07, 6.45) is 8.44. The molecule has 0 radical (unpaired) electrons. The van der Waals surface area contributed by atoms with Crippen LogP contribution in [0.5, 0.6) is 0 Å². The zero-order chi connectivity index (χ0) is 9.97. The fourth-order valence-corrected chi connectivity index (χ4v) is 2.93. The lowest BCUT2D eigenvalue weighted by molar-refractivity contribution is 0.114. The maximum absolute atomic E-state index is 9.40. The lowest BCUT2D eigenvalue weighted by Crippen LogP contribution is -2.40. The summed E-state index contributed by atoms with van der Waals surface area (Å²) >= 11 is 0. The van der Waals surface area contributed by atoms with E-state index in [1.165, 1.54) is 32.1 Å². The minimum atomic E-state index is -0.0180. The Balaban J connectivity index is 1.70. The molecule has 0 unspecified atom stereocenters. The predicted molar refractivity (Wildman–Crippen MR) is 58.2 cm³/mol. The fourth-order valence-electron chi connectivity index (χ4n) is 2.93. The van der Waals surface area contributed by atoms with Crippen LogP contribution in [0.25, 0.3) is 0 Å². The zero-order valence-corrected chi connectivity index (χ0v) is 9.21. The second-order valence-corrected chi connectivity index (χ2v) is 5.29. The second kappa shape index (κ2) is 4.63. The van der Waals surface area contributed by atoms with E-state index in [9.17, 15) is 5.11 Å².